The molecule has 6 heteroatoms. The van der Waals surface area contributed by atoms with Crippen molar-refractivity contribution < 1.29 is 26.5 Å². The van der Waals surface area contributed by atoms with E-state index in [4.69, 9.17) is 9.42 Å². The average Bonchev–Trinajstić information content (AvgIpc) is 2.46. The van der Waals surface area contributed by atoms with Gasteiger partial charge < -0.3 is 9.42 Å². The third kappa shape index (κ3) is 18.8. The molecule has 1 N–H and O–H groups in total. The van der Waals surface area contributed by atoms with Crippen LogP contribution in [0.3, 0.4) is 0 Å². The Balaban J connectivity index is 0.000000422. The molecule has 0 aliphatic heterocycles. The molecule has 0 spiro atoms. The van der Waals surface area contributed by atoms with Crippen molar-refractivity contribution in [1.82, 2.24) is 0 Å². The molecule has 1 unspecified atom stereocenters. The number of hydrogen-bond acceptors (Lipinski definition) is 2. The van der Waals surface area contributed by atoms with E-state index in [1.165, 1.54) is 25.7 Å². The summed E-state index contributed by atoms with van der Waals surface area (Å²) in [4.78, 5) is 9.04. The molecule has 0 bridgehead atoms. The Morgan fingerprint density at radius 3 is 2.30 bits per heavy atom. The maximum absolute atomic E-state index is 9.04. The molecular weight excluding hydrogens is 397 g/mol. The Kier molecular flexibility index (Phi) is 15.3. The van der Waals surface area contributed by atoms with Gasteiger partial charge in [-0.2, -0.15) is 0 Å². The molecule has 0 aliphatic carbocycles. The number of thiol groups is 1. The van der Waals surface area contributed by atoms with Crippen LogP contribution in [0.15, 0.2) is 30.3 Å². The molecule has 2 nitrogen and oxygen atoms in total. The van der Waals surface area contributed by atoms with E-state index in [9.17, 15) is 0 Å². The van der Waals surface area contributed by atoms with Gasteiger partial charge in [-0.1, -0.05) is 30.4 Å². The third-order valence-corrected chi connectivity index (χ3v) is 9.65. The van der Waals surface area contributed by atoms with Crippen LogP contribution in [-0.2, 0) is 28.9 Å². The maximum Gasteiger partial charge on any atom is 0.291 e. The predicted octanol–water partition coefficient (Wildman–Crippen LogP) is 6.74. The second kappa shape index (κ2) is 14.9. The first-order chi connectivity index (χ1) is 10.8. The van der Waals surface area contributed by atoms with Crippen LogP contribution in [0, 0.1) is 5.92 Å². The second-order valence-electron chi connectivity index (χ2n) is 6.20. The summed E-state index contributed by atoms with van der Waals surface area (Å²) in [6.07, 6.45) is 7.38. The predicted molar refractivity (Wildman–Crippen MR) is 106 cm³/mol. The Morgan fingerprint density at radius 2 is 1.78 bits per heavy atom. The first kappa shape index (κ1) is 23.6. The van der Waals surface area contributed by atoms with Gasteiger partial charge in [-0.25, -0.2) is 0 Å². The van der Waals surface area contributed by atoms with Gasteiger partial charge in [0.15, 0.2) is 0 Å². The van der Waals surface area contributed by atoms with Gasteiger partial charge in [0.2, 0.25) is 0 Å². The summed E-state index contributed by atoms with van der Waals surface area (Å²) in [5, 5.41) is 3.26. The Bertz CT molecular complexity index is 424. The van der Waals surface area contributed by atoms with Crippen LogP contribution >= 0.6 is 17.9 Å². The summed E-state index contributed by atoms with van der Waals surface area (Å²) in [7, 11) is 0. The number of rotatable bonds is 10. The van der Waals surface area contributed by atoms with Crippen molar-refractivity contribution in [2.75, 3.05) is 0 Å². The van der Waals surface area contributed by atoms with E-state index >= 15 is 0 Å². The van der Waals surface area contributed by atoms with E-state index in [0.29, 0.717) is 5.75 Å². The van der Waals surface area contributed by atoms with Gasteiger partial charge in [-0.15, -0.1) is 0 Å². The average molecular weight is 428 g/mol. The standard InChI is InChI=1S/C7H15.C6H7O2PS2.C4H9.Zn/c1-3-5-7-6-4-2;7-9(10,11)8-6-4-2-1-3-5-6;1-4(2)3;/h1,3-7H2,2H3;1-5H,(H2,7,10,11);4H,1H2,2-3H3;. The monoisotopic (exact) mass is 426 g/mol. The summed E-state index contributed by atoms with van der Waals surface area (Å²) in [6, 6.07) is 8.88. The van der Waals surface area contributed by atoms with E-state index in [2.05, 4.69) is 44.8 Å². The zero-order chi connectivity index (χ0) is 17.6. The molecule has 1 aromatic rings. The number of benzene rings is 1. The molecule has 130 valence electrons. The van der Waals surface area contributed by atoms with Crippen LogP contribution in [0.25, 0.3) is 0 Å². The normalized spacial score (nSPS) is 12.8. The van der Waals surface area contributed by atoms with Crippen LogP contribution in [0.2, 0.25) is 10.0 Å². The molecule has 0 amide bonds. The SMILES string of the molecule is CCCCCC[CH2][Zn][CH2]C(C)C.OP(=S)(S)Oc1ccccc1. The van der Waals surface area contributed by atoms with Crippen molar-refractivity contribution in [2.45, 2.75) is 62.9 Å². The first-order valence-corrected chi connectivity index (χ1v) is 16.7. The number of unbranched alkanes of at least 4 members (excludes halogenated alkanes) is 4. The fourth-order valence-corrected chi connectivity index (χ4v) is 6.87. The van der Waals surface area contributed by atoms with Gasteiger partial charge >= 0.3 is 86.0 Å². The van der Waals surface area contributed by atoms with Crippen molar-refractivity contribution in [3.63, 3.8) is 0 Å². The Hall–Kier alpha value is 0.603. The van der Waals surface area contributed by atoms with Crippen LogP contribution in [0.5, 0.6) is 5.75 Å². The Morgan fingerprint density at radius 1 is 1.17 bits per heavy atom. The number of hydrogen-bond donors (Lipinski definition) is 2. The van der Waals surface area contributed by atoms with Gasteiger partial charge in [0, 0.05) is 0 Å². The van der Waals surface area contributed by atoms with Gasteiger partial charge in [0.1, 0.15) is 5.75 Å². The first-order valence-electron chi connectivity index (χ1n) is 8.65. The van der Waals surface area contributed by atoms with Gasteiger partial charge in [0.05, 0.1) is 0 Å². The zero-order valence-electron chi connectivity index (χ0n) is 14.8. The molecule has 23 heavy (non-hydrogen) atoms. The molecule has 1 rings (SSSR count). The van der Waals surface area contributed by atoms with Gasteiger partial charge in [0.25, 0.3) is 5.69 Å². The second-order valence-corrected chi connectivity index (χ2v) is 15.5. The van der Waals surface area contributed by atoms with E-state index in [1.54, 1.807) is 40.7 Å². The molecule has 0 aromatic heterocycles. The largest absolute Gasteiger partial charge is 0.436 e. The van der Waals surface area contributed by atoms with Crippen molar-refractivity contribution in [3.8, 4) is 5.75 Å². The summed E-state index contributed by atoms with van der Waals surface area (Å²) in [6.45, 7) is 7.02. The fourth-order valence-electron chi connectivity index (χ4n) is 2.13. The molecular formula is C17H31O2PS2Zn. The van der Waals surface area contributed by atoms with Crippen LogP contribution in [0.4, 0.5) is 0 Å². The molecule has 1 atom stereocenters. The fraction of sp³-hybridized carbons (Fsp3) is 0.647. The van der Waals surface area contributed by atoms with Crippen LogP contribution in [0.1, 0.15) is 52.9 Å². The Labute approximate surface area is 160 Å². The molecule has 0 aliphatic rings. The topological polar surface area (TPSA) is 29.5 Å². The molecule has 0 saturated heterocycles. The minimum Gasteiger partial charge on any atom is -0.436 e. The number of para-hydroxylation sites is 1. The minimum atomic E-state index is -2.86. The molecule has 0 fully saturated rings. The summed E-state index contributed by atoms with van der Waals surface area (Å²) < 4.78 is 4.95. The summed E-state index contributed by atoms with van der Waals surface area (Å²) >= 11 is 8.24. The van der Waals surface area contributed by atoms with E-state index < -0.39 is 5.69 Å². The molecule has 0 radical (unpaired) electrons. The maximum atomic E-state index is 9.04. The molecule has 0 heterocycles. The van der Waals surface area contributed by atoms with Crippen molar-refractivity contribution >= 4 is 29.7 Å². The zero-order valence-corrected chi connectivity index (χ0v) is 20.4. The van der Waals surface area contributed by atoms with E-state index in [-0.39, 0.29) is 17.1 Å². The summed E-state index contributed by atoms with van der Waals surface area (Å²) in [5.74, 6) is 1.54. The van der Waals surface area contributed by atoms with E-state index in [1.807, 2.05) is 6.07 Å². The van der Waals surface area contributed by atoms with Crippen molar-refractivity contribution in [1.29, 1.82) is 0 Å². The van der Waals surface area contributed by atoms with Crippen LogP contribution < -0.4 is 4.52 Å². The van der Waals surface area contributed by atoms with Gasteiger partial charge in [-0.05, 0) is 23.9 Å². The van der Waals surface area contributed by atoms with Gasteiger partial charge in [-0.3, -0.25) is 0 Å². The molecule has 1 aromatic carbocycles. The van der Waals surface area contributed by atoms with Crippen molar-refractivity contribution in [2.24, 2.45) is 5.92 Å². The van der Waals surface area contributed by atoms with Crippen molar-refractivity contribution in [3.05, 3.63) is 30.3 Å². The smallest absolute Gasteiger partial charge is 0.291 e. The molecule has 0 saturated carbocycles. The third-order valence-electron chi connectivity index (χ3n) is 3.35. The quantitative estimate of drug-likeness (QED) is 0.187. The minimum absolute atomic E-state index is 0.0619. The van der Waals surface area contributed by atoms with Crippen LogP contribution in [-0.4, -0.2) is 4.89 Å². The van der Waals surface area contributed by atoms with E-state index in [0.717, 1.165) is 5.92 Å². The summed E-state index contributed by atoms with van der Waals surface area (Å²) in [5.41, 5.74) is -2.86.